The van der Waals surface area contributed by atoms with Gasteiger partial charge in [0, 0.05) is 19.5 Å². The molecule has 0 saturated carbocycles. The first kappa shape index (κ1) is 15.1. The molecule has 21 heavy (non-hydrogen) atoms. The average Bonchev–Trinajstić information content (AvgIpc) is 3.03. The highest BCUT2D eigenvalue weighted by Gasteiger charge is 2.12. The number of rotatable bonds is 8. The zero-order valence-electron chi connectivity index (χ0n) is 12.5. The molecule has 114 valence electrons. The van der Waals surface area contributed by atoms with E-state index in [0.29, 0.717) is 23.8 Å². The normalized spacial score (nSPS) is 10.4. The molecule has 0 aliphatic rings. The van der Waals surface area contributed by atoms with Gasteiger partial charge in [-0.2, -0.15) is 5.10 Å². The first-order valence-corrected chi connectivity index (χ1v) is 6.62. The zero-order chi connectivity index (χ0) is 15.1. The van der Waals surface area contributed by atoms with E-state index >= 15 is 0 Å². The molecule has 0 aliphatic heterocycles. The van der Waals surface area contributed by atoms with Crippen LogP contribution < -0.4 is 19.5 Å². The van der Waals surface area contributed by atoms with E-state index < -0.39 is 0 Å². The molecular formula is C14H20N4O3. The fraction of sp³-hybridized carbons (Fsp3) is 0.429. The summed E-state index contributed by atoms with van der Waals surface area (Å²) in [6.45, 7) is 1.50. The smallest absolute Gasteiger partial charge is 0.203 e. The molecule has 0 fully saturated rings. The molecule has 0 unspecified atom stereocenters. The average molecular weight is 292 g/mol. The molecule has 7 nitrogen and oxygen atoms in total. The monoisotopic (exact) mass is 292 g/mol. The highest BCUT2D eigenvalue weighted by Crippen LogP contribution is 2.38. The van der Waals surface area contributed by atoms with Crippen molar-refractivity contribution < 1.29 is 14.2 Å². The first-order valence-electron chi connectivity index (χ1n) is 6.62. The molecule has 2 aromatic rings. The lowest BCUT2D eigenvalue weighted by Crippen LogP contribution is -2.17. The van der Waals surface area contributed by atoms with Crippen LogP contribution in [-0.2, 0) is 13.0 Å². The summed E-state index contributed by atoms with van der Waals surface area (Å²) >= 11 is 0. The lowest BCUT2D eigenvalue weighted by Gasteiger charge is -2.14. The van der Waals surface area contributed by atoms with Crippen LogP contribution in [0.25, 0.3) is 0 Å². The van der Waals surface area contributed by atoms with Crippen LogP contribution in [0.3, 0.4) is 0 Å². The van der Waals surface area contributed by atoms with Crippen LogP contribution in [0.2, 0.25) is 0 Å². The summed E-state index contributed by atoms with van der Waals surface area (Å²) in [5.74, 6) is 2.78. The minimum Gasteiger partial charge on any atom is -0.493 e. The van der Waals surface area contributed by atoms with E-state index in [9.17, 15) is 0 Å². The maximum atomic E-state index is 5.33. The number of benzene rings is 1. The Bertz CT molecular complexity index is 532. The Labute approximate surface area is 123 Å². The molecule has 1 heterocycles. The Morgan fingerprint density at radius 3 is 2.33 bits per heavy atom. The standard InChI is InChI=1S/C14H20N4O3/c1-19-11-6-10(7-12(20-2)14(11)21-3)8-15-5-4-13-16-9-17-18-13/h6-7,9,15H,4-5,8H2,1-3H3,(H,16,17,18). The Hall–Kier alpha value is -2.28. The second-order valence-electron chi connectivity index (χ2n) is 4.39. The summed E-state index contributed by atoms with van der Waals surface area (Å²) in [5, 5.41) is 9.98. The zero-order valence-corrected chi connectivity index (χ0v) is 12.5. The number of nitrogens with one attached hydrogen (secondary N) is 2. The predicted molar refractivity (Wildman–Crippen MR) is 77.9 cm³/mol. The number of aromatic nitrogens is 3. The van der Waals surface area contributed by atoms with Gasteiger partial charge in [0.15, 0.2) is 11.5 Å². The summed E-state index contributed by atoms with van der Waals surface area (Å²) in [7, 11) is 4.81. The molecule has 1 aromatic heterocycles. The van der Waals surface area contributed by atoms with E-state index in [4.69, 9.17) is 14.2 Å². The Balaban J connectivity index is 1.96. The number of methoxy groups -OCH3 is 3. The van der Waals surface area contributed by atoms with Crippen molar-refractivity contribution in [3.8, 4) is 17.2 Å². The second-order valence-corrected chi connectivity index (χ2v) is 4.39. The molecular weight excluding hydrogens is 272 g/mol. The largest absolute Gasteiger partial charge is 0.493 e. The van der Waals surface area contributed by atoms with E-state index in [1.807, 2.05) is 12.1 Å². The lowest BCUT2D eigenvalue weighted by atomic mass is 10.1. The van der Waals surface area contributed by atoms with E-state index in [-0.39, 0.29) is 0 Å². The molecule has 0 spiro atoms. The highest BCUT2D eigenvalue weighted by molar-refractivity contribution is 5.53. The van der Waals surface area contributed by atoms with Gasteiger partial charge in [0.25, 0.3) is 0 Å². The van der Waals surface area contributed by atoms with Crippen LogP contribution in [0.15, 0.2) is 18.5 Å². The maximum absolute atomic E-state index is 5.33. The molecule has 0 atom stereocenters. The maximum Gasteiger partial charge on any atom is 0.203 e. The minimum absolute atomic E-state index is 0.602. The van der Waals surface area contributed by atoms with Gasteiger partial charge in [-0.15, -0.1) is 0 Å². The minimum atomic E-state index is 0.602. The van der Waals surface area contributed by atoms with Crippen molar-refractivity contribution in [3.05, 3.63) is 29.8 Å². The molecule has 0 bridgehead atoms. The van der Waals surface area contributed by atoms with Crippen molar-refractivity contribution in [1.29, 1.82) is 0 Å². The topological polar surface area (TPSA) is 81.3 Å². The number of ether oxygens (including phenoxy) is 3. The van der Waals surface area contributed by atoms with E-state index in [2.05, 4.69) is 20.5 Å². The van der Waals surface area contributed by atoms with E-state index in [1.165, 1.54) is 6.33 Å². The fourth-order valence-electron chi connectivity index (χ4n) is 2.03. The van der Waals surface area contributed by atoms with Gasteiger partial charge >= 0.3 is 0 Å². The van der Waals surface area contributed by atoms with Crippen LogP contribution >= 0.6 is 0 Å². The SMILES string of the molecule is COc1cc(CNCCc2ncn[nH]2)cc(OC)c1OC. The number of hydrogen-bond acceptors (Lipinski definition) is 6. The molecule has 2 rings (SSSR count). The summed E-state index contributed by atoms with van der Waals surface area (Å²) in [6.07, 6.45) is 2.30. The van der Waals surface area contributed by atoms with Gasteiger partial charge in [-0.1, -0.05) is 0 Å². The van der Waals surface area contributed by atoms with Crippen molar-refractivity contribution >= 4 is 0 Å². The predicted octanol–water partition coefficient (Wildman–Crippen LogP) is 1.16. The van der Waals surface area contributed by atoms with Crippen molar-refractivity contribution in [1.82, 2.24) is 20.5 Å². The molecule has 7 heteroatoms. The van der Waals surface area contributed by atoms with Crippen LogP contribution in [0, 0.1) is 0 Å². The molecule has 1 aromatic carbocycles. The molecule has 0 saturated heterocycles. The van der Waals surface area contributed by atoms with Crippen LogP contribution in [-0.4, -0.2) is 43.1 Å². The Kier molecular flexibility index (Phi) is 5.39. The van der Waals surface area contributed by atoms with Crippen LogP contribution in [0.4, 0.5) is 0 Å². The molecule has 0 amide bonds. The summed E-state index contributed by atoms with van der Waals surface area (Å²) in [4.78, 5) is 4.08. The van der Waals surface area contributed by atoms with Crippen LogP contribution in [0.1, 0.15) is 11.4 Å². The third kappa shape index (κ3) is 3.85. The van der Waals surface area contributed by atoms with E-state index in [1.54, 1.807) is 21.3 Å². The van der Waals surface area contributed by atoms with Gasteiger partial charge in [0.2, 0.25) is 5.75 Å². The van der Waals surface area contributed by atoms with Crippen molar-refractivity contribution in [2.45, 2.75) is 13.0 Å². The van der Waals surface area contributed by atoms with Crippen molar-refractivity contribution in [2.24, 2.45) is 0 Å². The summed E-state index contributed by atoms with van der Waals surface area (Å²) < 4.78 is 16.0. The Morgan fingerprint density at radius 1 is 1.10 bits per heavy atom. The van der Waals surface area contributed by atoms with Gasteiger partial charge in [0.1, 0.15) is 12.2 Å². The highest BCUT2D eigenvalue weighted by atomic mass is 16.5. The van der Waals surface area contributed by atoms with Gasteiger partial charge < -0.3 is 19.5 Å². The lowest BCUT2D eigenvalue weighted by molar-refractivity contribution is 0.323. The number of hydrogen-bond donors (Lipinski definition) is 2. The second kappa shape index (κ2) is 7.49. The van der Waals surface area contributed by atoms with Crippen molar-refractivity contribution in [2.75, 3.05) is 27.9 Å². The summed E-state index contributed by atoms with van der Waals surface area (Å²) in [5.41, 5.74) is 1.06. The van der Waals surface area contributed by atoms with Crippen LogP contribution in [0.5, 0.6) is 17.2 Å². The van der Waals surface area contributed by atoms with Crippen molar-refractivity contribution in [3.63, 3.8) is 0 Å². The fourth-order valence-corrected chi connectivity index (χ4v) is 2.03. The van der Waals surface area contributed by atoms with Gasteiger partial charge in [0.05, 0.1) is 21.3 Å². The third-order valence-corrected chi connectivity index (χ3v) is 3.06. The summed E-state index contributed by atoms with van der Waals surface area (Å²) in [6, 6.07) is 3.87. The third-order valence-electron chi connectivity index (χ3n) is 3.06. The Morgan fingerprint density at radius 2 is 1.81 bits per heavy atom. The number of H-pyrrole nitrogens is 1. The molecule has 0 radical (unpaired) electrons. The molecule has 0 aliphatic carbocycles. The first-order chi connectivity index (χ1) is 10.3. The van der Waals surface area contributed by atoms with E-state index in [0.717, 1.165) is 24.4 Å². The van der Waals surface area contributed by atoms with Gasteiger partial charge in [-0.05, 0) is 17.7 Å². The number of nitrogens with zero attached hydrogens (tertiary/aromatic N) is 2. The number of aromatic amines is 1. The van der Waals surface area contributed by atoms with Gasteiger partial charge in [-0.3, -0.25) is 5.10 Å². The molecule has 2 N–H and O–H groups in total. The quantitative estimate of drug-likeness (QED) is 0.711. The van der Waals surface area contributed by atoms with Gasteiger partial charge in [-0.25, -0.2) is 4.98 Å².